The fourth-order valence-electron chi connectivity index (χ4n) is 5.36. The van der Waals surface area contributed by atoms with Crippen molar-refractivity contribution in [3.8, 4) is 6.07 Å². The Labute approximate surface area is 215 Å². The van der Waals surface area contributed by atoms with E-state index in [4.69, 9.17) is 10.00 Å². The molecule has 0 radical (unpaired) electrons. The maximum absolute atomic E-state index is 16.0. The summed E-state index contributed by atoms with van der Waals surface area (Å²) >= 11 is 0. The lowest BCUT2D eigenvalue weighted by Gasteiger charge is -2.25. The minimum Gasteiger partial charge on any atom is -0.477 e. The molecule has 1 saturated carbocycles. The summed E-state index contributed by atoms with van der Waals surface area (Å²) in [5, 5.41) is 18.2. The molecule has 0 spiro atoms. The van der Waals surface area contributed by atoms with Crippen LogP contribution in [0.3, 0.4) is 0 Å². The van der Waals surface area contributed by atoms with Crippen LogP contribution >= 0.6 is 0 Å². The largest absolute Gasteiger partial charge is 0.477 e. The van der Waals surface area contributed by atoms with Gasteiger partial charge in [0.25, 0.3) is 0 Å². The molecule has 3 aliphatic rings. The molecule has 2 aliphatic heterocycles. The molecule has 11 heteroatoms. The monoisotopic (exact) mass is 520 g/mol. The highest BCUT2D eigenvalue weighted by molar-refractivity contribution is 5.94. The molecular weight excluding hydrogens is 498 g/mol. The van der Waals surface area contributed by atoms with E-state index in [9.17, 15) is 19.5 Å². The predicted molar refractivity (Wildman–Crippen MR) is 133 cm³/mol. The third kappa shape index (κ3) is 3.84. The van der Waals surface area contributed by atoms with Crippen molar-refractivity contribution in [2.45, 2.75) is 37.8 Å². The van der Waals surface area contributed by atoms with E-state index < -0.39 is 40.8 Å². The second kappa shape index (κ2) is 8.83. The summed E-state index contributed by atoms with van der Waals surface area (Å²) in [6, 6.07) is 8.20. The minimum atomic E-state index is -1.44. The van der Waals surface area contributed by atoms with Gasteiger partial charge in [0.15, 0.2) is 5.82 Å². The highest BCUT2D eigenvalue weighted by Crippen LogP contribution is 2.40. The van der Waals surface area contributed by atoms with Gasteiger partial charge in [0.2, 0.25) is 11.5 Å². The topological polar surface area (TPSA) is 116 Å². The van der Waals surface area contributed by atoms with E-state index in [1.54, 1.807) is 11.0 Å². The van der Waals surface area contributed by atoms with Crippen LogP contribution in [-0.4, -0.2) is 47.5 Å². The molecule has 0 bridgehead atoms. The van der Waals surface area contributed by atoms with Gasteiger partial charge in [0.1, 0.15) is 23.1 Å². The summed E-state index contributed by atoms with van der Waals surface area (Å²) in [6.45, 7) is 0.719. The molecule has 1 aliphatic carbocycles. The van der Waals surface area contributed by atoms with Crippen molar-refractivity contribution in [3.63, 3.8) is 0 Å². The Morgan fingerprint density at radius 2 is 1.84 bits per heavy atom. The number of rotatable bonds is 4. The number of amides is 1. The molecule has 1 atom stereocenters. The number of carbonyl (C=O) groups is 2. The first kappa shape index (κ1) is 23.9. The Hall–Kier alpha value is -4.46. The number of hydrogen-bond acceptors (Lipinski definition) is 6. The van der Waals surface area contributed by atoms with E-state index in [1.807, 2.05) is 18.2 Å². The number of anilines is 2. The van der Waals surface area contributed by atoms with Gasteiger partial charge in [0, 0.05) is 31.0 Å². The van der Waals surface area contributed by atoms with Crippen molar-refractivity contribution in [2.24, 2.45) is 0 Å². The molecule has 2 aromatic carbocycles. The molecule has 1 unspecified atom stereocenters. The number of benzene rings is 2. The van der Waals surface area contributed by atoms with Crippen molar-refractivity contribution in [3.05, 3.63) is 69.0 Å². The molecule has 9 nitrogen and oxygen atoms in total. The third-order valence-electron chi connectivity index (χ3n) is 7.43. The molecule has 3 heterocycles. The summed E-state index contributed by atoms with van der Waals surface area (Å²) < 4.78 is 37.9. The summed E-state index contributed by atoms with van der Waals surface area (Å²) in [7, 11) is 0. The second-order valence-corrected chi connectivity index (χ2v) is 9.78. The smallest absolute Gasteiger partial charge is 0.415 e. The zero-order valence-electron chi connectivity index (χ0n) is 20.1. The van der Waals surface area contributed by atoms with Gasteiger partial charge in [-0.15, -0.1) is 0 Å². The van der Waals surface area contributed by atoms with Crippen molar-refractivity contribution in [1.82, 2.24) is 4.57 Å². The Balaban J connectivity index is 1.36. The number of carboxylic acids is 1. The number of halogens is 2. The van der Waals surface area contributed by atoms with Gasteiger partial charge in [-0.1, -0.05) is 6.07 Å². The van der Waals surface area contributed by atoms with Crippen LogP contribution in [0.5, 0.6) is 0 Å². The molecule has 1 saturated heterocycles. The van der Waals surface area contributed by atoms with Crippen molar-refractivity contribution in [2.75, 3.05) is 29.4 Å². The predicted octanol–water partition coefficient (Wildman–Crippen LogP) is 3.77. The summed E-state index contributed by atoms with van der Waals surface area (Å²) in [6.07, 6.45) is 2.09. The van der Waals surface area contributed by atoms with E-state index in [2.05, 4.69) is 0 Å². The molecule has 1 N–H and O–H groups in total. The van der Waals surface area contributed by atoms with E-state index in [1.165, 1.54) is 9.47 Å². The normalized spacial score (nSPS) is 19.2. The van der Waals surface area contributed by atoms with E-state index >= 15 is 8.78 Å². The lowest BCUT2D eigenvalue weighted by atomic mass is 10.0. The number of pyridine rings is 1. The zero-order valence-corrected chi connectivity index (χ0v) is 20.1. The number of aromatic carboxylic acids is 1. The van der Waals surface area contributed by atoms with Crippen LogP contribution in [0.25, 0.3) is 10.9 Å². The van der Waals surface area contributed by atoms with Crippen LogP contribution in [0.2, 0.25) is 0 Å². The average molecular weight is 520 g/mol. The minimum absolute atomic E-state index is 0.0810. The standard InChI is InChI=1S/C27H22F2N4O5/c28-21-10-19-23(32(16-3-4-16)13-20(25(19)34)26(35)36)22(29)24(21)31-7-5-14-1-2-17(9-15(14)6-8-31)33-12-18(11-30)38-27(33)37/h1-2,9-10,13,16,18H,3-8,12H2,(H,35,36). The number of nitrogens with zero attached hydrogens (tertiary/aromatic N) is 4. The SMILES string of the molecule is N#CC1CN(c2ccc3c(c2)CCN(c2c(F)cc4c(=O)c(C(=O)O)cn(C5CC5)c4c2F)CC3)C(=O)O1. The van der Waals surface area contributed by atoms with Crippen LogP contribution in [-0.2, 0) is 17.6 Å². The number of fused-ring (bicyclic) bond motifs is 2. The molecular formula is C27H22F2N4O5. The van der Waals surface area contributed by atoms with E-state index in [0.29, 0.717) is 37.9 Å². The Morgan fingerprint density at radius 3 is 2.50 bits per heavy atom. The quantitative estimate of drug-likeness (QED) is 0.557. The van der Waals surface area contributed by atoms with Crippen molar-refractivity contribution < 1.29 is 28.2 Å². The van der Waals surface area contributed by atoms with E-state index in [0.717, 1.165) is 23.4 Å². The molecule has 3 aromatic rings. The number of carboxylic acid groups (broad SMARTS) is 1. The number of aromatic nitrogens is 1. The fraction of sp³-hybridized carbons (Fsp3) is 0.333. The maximum atomic E-state index is 16.0. The maximum Gasteiger partial charge on any atom is 0.415 e. The number of carbonyl (C=O) groups excluding carboxylic acids is 1. The number of nitriles is 1. The lowest BCUT2D eigenvalue weighted by molar-refractivity contribution is 0.0694. The fourth-order valence-corrected chi connectivity index (χ4v) is 5.36. The average Bonchev–Trinajstić information content (AvgIpc) is 3.69. The Morgan fingerprint density at radius 1 is 1.11 bits per heavy atom. The summed E-state index contributed by atoms with van der Waals surface area (Å²) in [4.78, 5) is 39.5. The second-order valence-electron chi connectivity index (χ2n) is 9.78. The first-order valence-electron chi connectivity index (χ1n) is 12.3. The van der Waals surface area contributed by atoms with Gasteiger partial charge < -0.3 is 19.3 Å². The van der Waals surface area contributed by atoms with Gasteiger partial charge >= 0.3 is 12.1 Å². The van der Waals surface area contributed by atoms with Crippen molar-refractivity contribution in [1.29, 1.82) is 5.26 Å². The van der Waals surface area contributed by atoms with Gasteiger partial charge in [-0.25, -0.2) is 18.4 Å². The van der Waals surface area contributed by atoms with Crippen LogP contribution < -0.4 is 15.2 Å². The zero-order chi connectivity index (χ0) is 26.7. The Kier molecular flexibility index (Phi) is 5.56. The van der Waals surface area contributed by atoms with Crippen molar-refractivity contribution >= 4 is 34.3 Å². The van der Waals surface area contributed by atoms with Gasteiger partial charge in [-0.2, -0.15) is 5.26 Å². The van der Waals surface area contributed by atoms with Crippen LogP contribution in [0.1, 0.15) is 40.4 Å². The number of cyclic esters (lactones) is 1. The molecule has 1 aromatic heterocycles. The molecule has 6 rings (SSSR count). The molecule has 38 heavy (non-hydrogen) atoms. The molecule has 1 amide bonds. The summed E-state index contributed by atoms with van der Waals surface area (Å²) in [5.74, 6) is -3.24. The highest BCUT2D eigenvalue weighted by atomic mass is 19.1. The number of hydrogen-bond donors (Lipinski definition) is 1. The summed E-state index contributed by atoms with van der Waals surface area (Å²) in [5.41, 5.74) is 0.725. The van der Waals surface area contributed by atoms with Gasteiger partial charge in [-0.05, 0) is 55.0 Å². The number of ether oxygens (including phenoxy) is 1. The molecule has 2 fully saturated rings. The van der Waals surface area contributed by atoms with Gasteiger partial charge in [-0.3, -0.25) is 9.69 Å². The highest BCUT2D eigenvalue weighted by Gasteiger charge is 2.34. The third-order valence-corrected chi connectivity index (χ3v) is 7.43. The first-order chi connectivity index (χ1) is 18.3. The van der Waals surface area contributed by atoms with Crippen LogP contribution in [0.4, 0.5) is 25.0 Å². The lowest BCUT2D eigenvalue weighted by Crippen LogP contribution is -2.29. The van der Waals surface area contributed by atoms with Gasteiger partial charge in [0.05, 0.1) is 17.4 Å². The van der Waals surface area contributed by atoms with E-state index in [-0.39, 0.29) is 35.7 Å². The Bertz CT molecular complexity index is 1620. The first-order valence-corrected chi connectivity index (χ1v) is 12.3. The van der Waals surface area contributed by atoms with Crippen LogP contribution in [0.15, 0.2) is 35.3 Å². The van der Waals surface area contributed by atoms with Crippen LogP contribution in [0, 0.1) is 23.0 Å². The molecule has 194 valence electrons.